The van der Waals surface area contributed by atoms with Crippen LogP contribution in [0.1, 0.15) is 27.0 Å². The SMILES string of the molecule is O=C(c1ccccc1Cc1ccccc1)N1CCc2ccccc21. The summed E-state index contributed by atoms with van der Waals surface area (Å²) in [4.78, 5) is 15.1. The van der Waals surface area contributed by atoms with Crippen molar-refractivity contribution in [1.29, 1.82) is 0 Å². The Morgan fingerprint density at radius 3 is 2.42 bits per heavy atom. The monoisotopic (exact) mass is 313 g/mol. The summed E-state index contributed by atoms with van der Waals surface area (Å²) < 4.78 is 0. The number of carbonyl (C=O) groups excluding carboxylic acids is 1. The van der Waals surface area contributed by atoms with E-state index in [2.05, 4.69) is 24.3 Å². The van der Waals surface area contributed by atoms with Gasteiger partial charge in [-0.3, -0.25) is 4.79 Å². The molecular weight excluding hydrogens is 294 g/mol. The van der Waals surface area contributed by atoms with Crippen molar-refractivity contribution in [2.75, 3.05) is 11.4 Å². The van der Waals surface area contributed by atoms with Gasteiger partial charge in [0.1, 0.15) is 0 Å². The minimum Gasteiger partial charge on any atom is -0.308 e. The molecule has 1 heterocycles. The van der Waals surface area contributed by atoms with Crippen molar-refractivity contribution in [3.05, 3.63) is 101 Å². The van der Waals surface area contributed by atoms with Crippen LogP contribution >= 0.6 is 0 Å². The van der Waals surface area contributed by atoms with E-state index in [9.17, 15) is 4.79 Å². The van der Waals surface area contributed by atoms with E-state index in [1.54, 1.807) is 0 Å². The van der Waals surface area contributed by atoms with Crippen molar-refractivity contribution >= 4 is 11.6 Å². The molecule has 24 heavy (non-hydrogen) atoms. The fourth-order valence-corrected chi connectivity index (χ4v) is 3.39. The third-order valence-electron chi connectivity index (χ3n) is 4.62. The van der Waals surface area contributed by atoms with Crippen LogP contribution < -0.4 is 4.90 Å². The van der Waals surface area contributed by atoms with Gasteiger partial charge in [0, 0.05) is 17.8 Å². The van der Waals surface area contributed by atoms with E-state index in [4.69, 9.17) is 0 Å². The molecule has 0 unspecified atom stereocenters. The van der Waals surface area contributed by atoms with Gasteiger partial charge in [-0.25, -0.2) is 0 Å². The Morgan fingerprint density at radius 2 is 1.54 bits per heavy atom. The molecule has 0 radical (unpaired) electrons. The van der Waals surface area contributed by atoms with E-state index in [0.717, 1.165) is 36.2 Å². The highest BCUT2D eigenvalue weighted by Crippen LogP contribution is 2.29. The minimum atomic E-state index is 0.103. The number of hydrogen-bond donors (Lipinski definition) is 0. The van der Waals surface area contributed by atoms with Crippen LogP contribution in [0.4, 0.5) is 5.69 Å². The van der Waals surface area contributed by atoms with Gasteiger partial charge < -0.3 is 4.90 Å². The van der Waals surface area contributed by atoms with E-state index < -0.39 is 0 Å². The topological polar surface area (TPSA) is 20.3 Å². The Morgan fingerprint density at radius 1 is 0.833 bits per heavy atom. The third kappa shape index (κ3) is 2.71. The van der Waals surface area contributed by atoms with Gasteiger partial charge in [-0.05, 0) is 41.7 Å². The zero-order chi connectivity index (χ0) is 16.4. The molecule has 0 saturated carbocycles. The van der Waals surface area contributed by atoms with Crippen molar-refractivity contribution in [3.63, 3.8) is 0 Å². The van der Waals surface area contributed by atoms with Crippen molar-refractivity contribution in [1.82, 2.24) is 0 Å². The highest BCUT2D eigenvalue weighted by molar-refractivity contribution is 6.08. The van der Waals surface area contributed by atoms with Gasteiger partial charge >= 0.3 is 0 Å². The average molecular weight is 313 g/mol. The Bertz CT molecular complexity index is 870. The van der Waals surface area contributed by atoms with E-state index >= 15 is 0 Å². The molecule has 3 aromatic rings. The van der Waals surface area contributed by atoms with Crippen LogP contribution in [0.5, 0.6) is 0 Å². The second-order valence-corrected chi connectivity index (χ2v) is 6.16. The van der Waals surface area contributed by atoms with Gasteiger partial charge in [-0.2, -0.15) is 0 Å². The summed E-state index contributed by atoms with van der Waals surface area (Å²) in [5.74, 6) is 0.103. The quantitative estimate of drug-likeness (QED) is 0.698. The lowest BCUT2D eigenvalue weighted by atomic mass is 9.99. The second kappa shape index (κ2) is 6.32. The number of para-hydroxylation sites is 1. The van der Waals surface area contributed by atoms with E-state index in [1.807, 2.05) is 59.5 Å². The largest absolute Gasteiger partial charge is 0.308 e. The molecular formula is C22H19NO. The van der Waals surface area contributed by atoms with Gasteiger partial charge in [0.05, 0.1) is 0 Å². The zero-order valence-electron chi connectivity index (χ0n) is 13.5. The predicted molar refractivity (Wildman–Crippen MR) is 97.5 cm³/mol. The van der Waals surface area contributed by atoms with E-state index in [-0.39, 0.29) is 5.91 Å². The summed E-state index contributed by atoms with van der Waals surface area (Å²) in [6, 6.07) is 26.4. The van der Waals surface area contributed by atoms with Crippen molar-refractivity contribution in [3.8, 4) is 0 Å². The summed E-state index contributed by atoms with van der Waals surface area (Å²) >= 11 is 0. The summed E-state index contributed by atoms with van der Waals surface area (Å²) in [7, 11) is 0. The molecule has 1 aliphatic heterocycles. The fraction of sp³-hybridized carbons (Fsp3) is 0.136. The summed E-state index contributed by atoms with van der Waals surface area (Å²) in [5.41, 5.74) is 5.42. The van der Waals surface area contributed by atoms with Gasteiger partial charge in [0.15, 0.2) is 0 Å². The highest BCUT2D eigenvalue weighted by Gasteiger charge is 2.26. The molecule has 1 amide bonds. The molecule has 0 aliphatic carbocycles. The number of fused-ring (bicyclic) bond motifs is 1. The summed E-state index contributed by atoms with van der Waals surface area (Å²) in [5, 5.41) is 0. The van der Waals surface area contributed by atoms with Gasteiger partial charge in [-0.15, -0.1) is 0 Å². The number of rotatable bonds is 3. The molecule has 0 atom stereocenters. The second-order valence-electron chi connectivity index (χ2n) is 6.16. The predicted octanol–water partition coefficient (Wildman–Crippen LogP) is 4.48. The molecule has 3 aromatic carbocycles. The molecule has 0 saturated heterocycles. The first-order chi connectivity index (χ1) is 11.8. The van der Waals surface area contributed by atoms with Gasteiger partial charge in [0.2, 0.25) is 0 Å². The summed E-state index contributed by atoms with van der Waals surface area (Å²) in [6.45, 7) is 0.762. The van der Waals surface area contributed by atoms with Gasteiger partial charge in [-0.1, -0.05) is 66.7 Å². The van der Waals surface area contributed by atoms with E-state index in [0.29, 0.717) is 0 Å². The van der Waals surface area contributed by atoms with Crippen molar-refractivity contribution in [2.45, 2.75) is 12.8 Å². The number of amides is 1. The maximum Gasteiger partial charge on any atom is 0.258 e. The van der Waals surface area contributed by atoms with Crippen LogP contribution in [-0.2, 0) is 12.8 Å². The maximum atomic E-state index is 13.1. The number of anilines is 1. The minimum absolute atomic E-state index is 0.103. The fourth-order valence-electron chi connectivity index (χ4n) is 3.39. The first kappa shape index (κ1) is 14.7. The lowest BCUT2D eigenvalue weighted by molar-refractivity contribution is 0.0988. The molecule has 2 nitrogen and oxygen atoms in total. The molecule has 0 bridgehead atoms. The third-order valence-corrected chi connectivity index (χ3v) is 4.62. The average Bonchev–Trinajstić information content (AvgIpc) is 3.07. The Hall–Kier alpha value is -2.87. The first-order valence-electron chi connectivity index (χ1n) is 8.34. The standard InChI is InChI=1S/C22H19NO/c24-22(23-15-14-18-10-5-7-13-21(18)23)20-12-6-4-11-19(20)16-17-8-2-1-3-9-17/h1-13H,14-16H2. The number of nitrogens with zero attached hydrogens (tertiary/aromatic N) is 1. The lowest BCUT2D eigenvalue weighted by Crippen LogP contribution is -2.29. The highest BCUT2D eigenvalue weighted by atomic mass is 16.2. The van der Waals surface area contributed by atoms with Crippen LogP contribution in [0.25, 0.3) is 0 Å². The van der Waals surface area contributed by atoms with Crippen molar-refractivity contribution < 1.29 is 4.79 Å². The molecule has 0 fully saturated rings. The van der Waals surface area contributed by atoms with Crippen LogP contribution in [0.15, 0.2) is 78.9 Å². The van der Waals surface area contributed by atoms with Crippen LogP contribution in [-0.4, -0.2) is 12.5 Å². The number of carbonyl (C=O) groups is 1. The lowest BCUT2D eigenvalue weighted by Gasteiger charge is -2.19. The smallest absolute Gasteiger partial charge is 0.258 e. The Balaban J connectivity index is 1.66. The molecule has 0 spiro atoms. The number of hydrogen-bond acceptors (Lipinski definition) is 1. The molecule has 0 aromatic heterocycles. The molecule has 118 valence electrons. The zero-order valence-corrected chi connectivity index (χ0v) is 13.5. The summed E-state index contributed by atoms with van der Waals surface area (Å²) in [6.07, 6.45) is 1.71. The molecule has 0 N–H and O–H groups in total. The van der Waals surface area contributed by atoms with Crippen molar-refractivity contribution in [2.24, 2.45) is 0 Å². The van der Waals surface area contributed by atoms with Gasteiger partial charge in [0.25, 0.3) is 5.91 Å². The Kier molecular flexibility index (Phi) is 3.87. The van der Waals surface area contributed by atoms with Crippen LogP contribution in [0.2, 0.25) is 0 Å². The Labute approximate surface area is 142 Å². The van der Waals surface area contributed by atoms with Crippen LogP contribution in [0, 0.1) is 0 Å². The molecule has 1 aliphatic rings. The molecule has 2 heteroatoms. The normalized spacial score (nSPS) is 12.9. The number of benzene rings is 3. The molecule has 4 rings (SSSR count). The van der Waals surface area contributed by atoms with E-state index in [1.165, 1.54) is 11.1 Å². The first-order valence-corrected chi connectivity index (χ1v) is 8.34. The maximum absolute atomic E-state index is 13.1. The van der Waals surface area contributed by atoms with Crippen LogP contribution in [0.3, 0.4) is 0 Å².